The summed E-state index contributed by atoms with van der Waals surface area (Å²) in [6.07, 6.45) is 1.32. The molecule has 1 saturated heterocycles. The zero-order valence-corrected chi connectivity index (χ0v) is 14.1. The SMILES string of the molecule is O=C1NC(=O)N(c2ccc([N+](=O)[O-])cc2)C(=O)C1=Cc1ccc2c(c1)OCO2. The van der Waals surface area contributed by atoms with Gasteiger partial charge in [0.25, 0.3) is 17.5 Å². The maximum absolute atomic E-state index is 12.8. The fourth-order valence-corrected chi connectivity index (χ4v) is 2.78. The second-order valence-corrected chi connectivity index (χ2v) is 5.84. The number of fused-ring (bicyclic) bond motifs is 1. The standard InChI is InChI=1S/C18H11N3O7/c22-16-13(7-10-1-6-14-15(8-10)28-9-27-14)17(23)20(18(24)19-16)11-2-4-12(5-3-11)21(25)26/h1-8H,9H2,(H,19,22,24). The monoisotopic (exact) mass is 381 g/mol. The summed E-state index contributed by atoms with van der Waals surface area (Å²) in [5, 5.41) is 12.9. The van der Waals surface area contributed by atoms with E-state index in [1.165, 1.54) is 18.2 Å². The number of hydrogen-bond donors (Lipinski definition) is 1. The first kappa shape index (κ1) is 17.2. The number of nitro groups is 1. The van der Waals surface area contributed by atoms with Crippen LogP contribution in [0.1, 0.15) is 5.56 Å². The largest absolute Gasteiger partial charge is 0.454 e. The molecular formula is C18H11N3O7. The van der Waals surface area contributed by atoms with E-state index in [1.54, 1.807) is 18.2 Å². The number of anilines is 1. The van der Waals surface area contributed by atoms with Gasteiger partial charge in [0.1, 0.15) is 5.57 Å². The maximum Gasteiger partial charge on any atom is 0.335 e. The van der Waals surface area contributed by atoms with E-state index < -0.39 is 22.8 Å². The molecule has 10 heteroatoms. The smallest absolute Gasteiger partial charge is 0.335 e. The summed E-state index contributed by atoms with van der Waals surface area (Å²) in [6.45, 7) is 0.0806. The lowest BCUT2D eigenvalue weighted by molar-refractivity contribution is -0.384. The minimum absolute atomic E-state index is 0.0806. The van der Waals surface area contributed by atoms with Crippen LogP contribution in [0.25, 0.3) is 6.08 Å². The van der Waals surface area contributed by atoms with E-state index in [-0.39, 0.29) is 23.7 Å². The van der Waals surface area contributed by atoms with Gasteiger partial charge in [-0.05, 0) is 35.9 Å². The van der Waals surface area contributed by atoms with Crippen LogP contribution in [-0.2, 0) is 9.59 Å². The molecule has 2 heterocycles. The zero-order chi connectivity index (χ0) is 19.8. The summed E-state index contributed by atoms with van der Waals surface area (Å²) in [6, 6.07) is 8.76. The quantitative estimate of drug-likeness (QED) is 0.373. The maximum atomic E-state index is 12.8. The highest BCUT2D eigenvalue weighted by atomic mass is 16.7. The van der Waals surface area contributed by atoms with Crippen LogP contribution in [0.3, 0.4) is 0 Å². The van der Waals surface area contributed by atoms with E-state index in [2.05, 4.69) is 5.32 Å². The fourth-order valence-electron chi connectivity index (χ4n) is 2.78. The molecule has 1 fully saturated rings. The number of benzene rings is 2. The Morgan fingerprint density at radius 2 is 1.75 bits per heavy atom. The third-order valence-electron chi connectivity index (χ3n) is 4.13. The van der Waals surface area contributed by atoms with E-state index in [4.69, 9.17) is 9.47 Å². The molecule has 140 valence electrons. The Labute approximate surface area is 157 Å². The van der Waals surface area contributed by atoms with Crippen molar-refractivity contribution in [2.24, 2.45) is 0 Å². The van der Waals surface area contributed by atoms with Crippen molar-refractivity contribution in [3.05, 3.63) is 63.7 Å². The highest BCUT2D eigenvalue weighted by molar-refractivity contribution is 6.39. The van der Waals surface area contributed by atoms with Crippen LogP contribution in [0.15, 0.2) is 48.0 Å². The molecule has 4 rings (SSSR count). The number of nitrogens with zero attached hydrogens (tertiary/aromatic N) is 2. The lowest BCUT2D eigenvalue weighted by Crippen LogP contribution is -2.54. The van der Waals surface area contributed by atoms with Crippen molar-refractivity contribution in [2.75, 3.05) is 11.7 Å². The molecule has 10 nitrogen and oxygen atoms in total. The molecule has 1 N–H and O–H groups in total. The summed E-state index contributed by atoms with van der Waals surface area (Å²) in [4.78, 5) is 48.0. The third-order valence-corrected chi connectivity index (χ3v) is 4.13. The van der Waals surface area contributed by atoms with Gasteiger partial charge >= 0.3 is 6.03 Å². The number of non-ortho nitro benzene ring substituents is 1. The van der Waals surface area contributed by atoms with Crippen LogP contribution in [0.2, 0.25) is 0 Å². The first-order valence-corrected chi connectivity index (χ1v) is 7.99. The topological polar surface area (TPSA) is 128 Å². The van der Waals surface area contributed by atoms with Crippen molar-refractivity contribution in [1.29, 1.82) is 0 Å². The van der Waals surface area contributed by atoms with Gasteiger partial charge in [-0.3, -0.25) is 25.0 Å². The van der Waals surface area contributed by atoms with Crippen LogP contribution in [0.4, 0.5) is 16.2 Å². The van der Waals surface area contributed by atoms with E-state index >= 15 is 0 Å². The number of barbiturate groups is 1. The first-order valence-electron chi connectivity index (χ1n) is 7.99. The van der Waals surface area contributed by atoms with E-state index in [0.717, 1.165) is 17.0 Å². The number of carbonyl (C=O) groups is 3. The lowest BCUT2D eigenvalue weighted by Gasteiger charge is -2.26. The molecule has 0 saturated carbocycles. The molecule has 2 aliphatic heterocycles. The molecule has 28 heavy (non-hydrogen) atoms. The summed E-state index contributed by atoms with van der Waals surface area (Å²) < 4.78 is 10.5. The number of nitrogens with one attached hydrogen (secondary N) is 1. The Bertz CT molecular complexity index is 1060. The van der Waals surface area contributed by atoms with Crippen LogP contribution >= 0.6 is 0 Å². The molecule has 0 radical (unpaired) electrons. The highest BCUT2D eigenvalue weighted by Crippen LogP contribution is 2.33. The Kier molecular flexibility index (Phi) is 4.00. The molecular weight excluding hydrogens is 370 g/mol. The molecule has 4 amide bonds. The fraction of sp³-hybridized carbons (Fsp3) is 0.0556. The molecule has 2 aromatic rings. The van der Waals surface area contributed by atoms with Crippen LogP contribution in [0.5, 0.6) is 11.5 Å². The van der Waals surface area contributed by atoms with Gasteiger partial charge in [-0.2, -0.15) is 0 Å². The minimum Gasteiger partial charge on any atom is -0.454 e. The average molecular weight is 381 g/mol. The van der Waals surface area contributed by atoms with Crippen molar-refractivity contribution < 1.29 is 28.8 Å². The van der Waals surface area contributed by atoms with Crippen LogP contribution in [-0.4, -0.2) is 29.6 Å². The molecule has 0 spiro atoms. The van der Waals surface area contributed by atoms with Gasteiger partial charge in [0.15, 0.2) is 11.5 Å². The molecule has 2 aromatic carbocycles. The number of ether oxygens (including phenoxy) is 2. The van der Waals surface area contributed by atoms with Gasteiger partial charge in [0.05, 0.1) is 10.6 Å². The lowest BCUT2D eigenvalue weighted by atomic mass is 10.1. The predicted molar refractivity (Wildman–Crippen MR) is 94.7 cm³/mol. The second-order valence-electron chi connectivity index (χ2n) is 5.84. The molecule has 0 bridgehead atoms. The molecule has 0 aliphatic carbocycles. The van der Waals surface area contributed by atoms with Gasteiger partial charge in [-0.1, -0.05) is 6.07 Å². The van der Waals surface area contributed by atoms with Crippen molar-refractivity contribution in [1.82, 2.24) is 5.32 Å². The molecule has 2 aliphatic rings. The summed E-state index contributed by atoms with van der Waals surface area (Å²) in [7, 11) is 0. The van der Waals surface area contributed by atoms with Crippen LogP contribution < -0.4 is 19.7 Å². The number of rotatable bonds is 3. The second kappa shape index (κ2) is 6.50. The Hall–Kier alpha value is -4.21. The van der Waals surface area contributed by atoms with E-state index in [9.17, 15) is 24.5 Å². The minimum atomic E-state index is -0.938. The summed E-state index contributed by atoms with van der Waals surface area (Å²) >= 11 is 0. The van der Waals surface area contributed by atoms with E-state index in [0.29, 0.717) is 17.1 Å². The first-order chi connectivity index (χ1) is 13.4. The van der Waals surface area contributed by atoms with Crippen molar-refractivity contribution in [2.45, 2.75) is 0 Å². The number of urea groups is 1. The highest BCUT2D eigenvalue weighted by Gasteiger charge is 2.37. The van der Waals surface area contributed by atoms with Crippen molar-refractivity contribution in [3.8, 4) is 11.5 Å². The molecule has 0 atom stereocenters. The molecule has 0 unspecified atom stereocenters. The third kappa shape index (κ3) is 2.92. The summed E-state index contributed by atoms with van der Waals surface area (Å²) in [5.41, 5.74) is 0.135. The van der Waals surface area contributed by atoms with Gasteiger partial charge in [0, 0.05) is 12.1 Å². The summed E-state index contributed by atoms with van der Waals surface area (Å²) in [5.74, 6) is -0.670. The number of carbonyl (C=O) groups excluding carboxylic acids is 3. The number of nitro benzene ring substituents is 1. The number of imide groups is 2. The van der Waals surface area contributed by atoms with Crippen LogP contribution in [0, 0.1) is 10.1 Å². The van der Waals surface area contributed by atoms with Gasteiger partial charge < -0.3 is 9.47 Å². The Balaban J connectivity index is 1.68. The Morgan fingerprint density at radius 3 is 2.46 bits per heavy atom. The number of hydrogen-bond acceptors (Lipinski definition) is 7. The van der Waals surface area contributed by atoms with Crippen molar-refractivity contribution in [3.63, 3.8) is 0 Å². The van der Waals surface area contributed by atoms with Gasteiger partial charge in [0.2, 0.25) is 6.79 Å². The molecule has 0 aromatic heterocycles. The van der Waals surface area contributed by atoms with Crippen molar-refractivity contribution >= 4 is 35.3 Å². The van der Waals surface area contributed by atoms with E-state index in [1.807, 2.05) is 0 Å². The zero-order valence-electron chi connectivity index (χ0n) is 14.1. The van der Waals surface area contributed by atoms with Gasteiger partial charge in [-0.25, -0.2) is 9.69 Å². The Morgan fingerprint density at radius 1 is 1.04 bits per heavy atom. The predicted octanol–water partition coefficient (Wildman–Crippen LogP) is 1.99. The number of amides is 4. The average Bonchev–Trinajstić information content (AvgIpc) is 3.13. The van der Waals surface area contributed by atoms with Gasteiger partial charge in [-0.15, -0.1) is 0 Å². The normalized spacial score (nSPS) is 17.1.